The van der Waals surface area contributed by atoms with Gasteiger partial charge in [0.15, 0.2) is 0 Å². The summed E-state index contributed by atoms with van der Waals surface area (Å²) in [6.07, 6.45) is 0.305. The number of pyridine rings is 1. The van der Waals surface area contributed by atoms with Gasteiger partial charge in [0.2, 0.25) is 5.95 Å². The summed E-state index contributed by atoms with van der Waals surface area (Å²) < 4.78 is 12.8. The Bertz CT molecular complexity index is 428. The molecule has 0 bridgehead atoms. The van der Waals surface area contributed by atoms with E-state index in [2.05, 4.69) is 4.98 Å². The molecule has 3 nitrogen and oxygen atoms in total. The van der Waals surface area contributed by atoms with E-state index < -0.39 is 11.4 Å². The fourth-order valence-electron chi connectivity index (χ4n) is 1.61. The Kier molecular flexibility index (Phi) is 1.81. The minimum atomic E-state index is -0.876. The van der Waals surface area contributed by atoms with Crippen molar-refractivity contribution in [3.8, 4) is 6.07 Å². The molecule has 0 N–H and O–H groups in total. The van der Waals surface area contributed by atoms with Crippen LogP contribution in [0.1, 0.15) is 18.5 Å². The van der Waals surface area contributed by atoms with Crippen LogP contribution < -0.4 is 0 Å². The Labute approximate surface area is 80.2 Å². The number of nitrogens with zero attached hydrogens (tertiary/aromatic N) is 2. The van der Waals surface area contributed by atoms with Gasteiger partial charge in [-0.05, 0) is 12.1 Å². The molecule has 1 saturated carbocycles. The molecule has 1 fully saturated rings. The van der Waals surface area contributed by atoms with Crippen LogP contribution in [0.25, 0.3) is 0 Å². The molecular weight excluding hydrogens is 183 g/mol. The van der Waals surface area contributed by atoms with Crippen LogP contribution in [-0.4, -0.2) is 10.8 Å². The van der Waals surface area contributed by atoms with Gasteiger partial charge in [-0.2, -0.15) is 9.65 Å². The van der Waals surface area contributed by atoms with Gasteiger partial charge in [-0.1, -0.05) is 6.07 Å². The van der Waals surface area contributed by atoms with Crippen LogP contribution in [0, 0.1) is 17.3 Å². The van der Waals surface area contributed by atoms with Crippen molar-refractivity contribution in [2.24, 2.45) is 0 Å². The van der Waals surface area contributed by atoms with E-state index in [1.165, 1.54) is 12.1 Å². The van der Waals surface area contributed by atoms with Gasteiger partial charge in [-0.3, -0.25) is 4.79 Å². The molecule has 1 aliphatic carbocycles. The van der Waals surface area contributed by atoms with E-state index in [1.807, 2.05) is 6.07 Å². The second-order valence-electron chi connectivity index (χ2n) is 3.43. The van der Waals surface area contributed by atoms with Gasteiger partial charge in [-0.25, -0.2) is 4.98 Å². The molecule has 0 spiro atoms. The molecule has 0 amide bonds. The maximum atomic E-state index is 12.8. The number of Topliss-reactive ketones (excluding diaryl/α,β-unsaturated/α-hetero) is 1. The van der Waals surface area contributed by atoms with Crippen LogP contribution in [0.15, 0.2) is 18.2 Å². The second kappa shape index (κ2) is 2.88. The van der Waals surface area contributed by atoms with Crippen LogP contribution in [0.4, 0.5) is 4.39 Å². The van der Waals surface area contributed by atoms with Crippen LogP contribution in [-0.2, 0) is 10.2 Å². The van der Waals surface area contributed by atoms with E-state index in [4.69, 9.17) is 5.26 Å². The second-order valence-corrected chi connectivity index (χ2v) is 3.43. The maximum Gasteiger partial charge on any atom is 0.213 e. The lowest BCUT2D eigenvalue weighted by atomic mass is 9.66. The Morgan fingerprint density at radius 2 is 2.21 bits per heavy atom. The van der Waals surface area contributed by atoms with E-state index in [1.54, 1.807) is 6.07 Å². The quantitative estimate of drug-likeness (QED) is 0.628. The minimum absolute atomic E-state index is 0.0256. The van der Waals surface area contributed by atoms with Crippen molar-refractivity contribution in [2.45, 2.75) is 18.3 Å². The molecule has 0 radical (unpaired) electrons. The highest BCUT2D eigenvalue weighted by Gasteiger charge is 2.46. The third kappa shape index (κ3) is 1.18. The summed E-state index contributed by atoms with van der Waals surface area (Å²) >= 11 is 0. The van der Waals surface area contributed by atoms with Gasteiger partial charge in [-0.15, -0.1) is 0 Å². The molecule has 4 heteroatoms. The Morgan fingerprint density at radius 1 is 1.50 bits per heavy atom. The zero-order chi connectivity index (χ0) is 10.2. The first kappa shape index (κ1) is 8.82. The highest BCUT2D eigenvalue weighted by Crippen LogP contribution is 2.39. The predicted octanol–water partition coefficient (Wildman–Crippen LogP) is 1.34. The van der Waals surface area contributed by atoms with Gasteiger partial charge in [0.25, 0.3) is 0 Å². The standard InChI is InChI=1S/C10H7FN2O/c11-9-3-1-2-8(13-9)10(6-12)4-7(14)5-10/h1-3H,4-5H2. The molecule has 2 rings (SSSR count). The molecule has 1 aromatic heterocycles. The van der Waals surface area contributed by atoms with Crippen molar-refractivity contribution < 1.29 is 9.18 Å². The smallest absolute Gasteiger partial charge is 0.213 e. The average Bonchev–Trinajstić information content (AvgIpc) is 2.12. The minimum Gasteiger partial charge on any atom is -0.300 e. The highest BCUT2D eigenvalue weighted by molar-refractivity contribution is 5.89. The monoisotopic (exact) mass is 190 g/mol. The number of carbonyl (C=O) groups is 1. The number of rotatable bonds is 1. The third-order valence-corrected chi connectivity index (χ3v) is 2.42. The third-order valence-electron chi connectivity index (χ3n) is 2.42. The van der Waals surface area contributed by atoms with E-state index in [-0.39, 0.29) is 18.6 Å². The summed E-state index contributed by atoms with van der Waals surface area (Å²) in [5.74, 6) is -0.589. The normalized spacial score (nSPS) is 18.4. The van der Waals surface area contributed by atoms with Crippen molar-refractivity contribution in [1.29, 1.82) is 5.26 Å². The molecule has 0 saturated heterocycles. The Balaban J connectivity index is 2.39. The summed E-state index contributed by atoms with van der Waals surface area (Å²) in [4.78, 5) is 14.5. The van der Waals surface area contributed by atoms with Crippen molar-refractivity contribution in [3.05, 3.63) is 29.8 Å². The topological polar surface area (TPSA) is 53.8 Å². The molecule has 0 aliphatic heterocycles. The number of hydrogen-bond acceptors (Lipinski definition) is 3. The lowest BCUT2D eigenvalue weighted by molar-refractivity contribution is -0.126. The first-order valence-corrected chi connectivity index (χ1v) is 4.22. The first-order valence-electron chi connectivity index (χ1n) is 4.22. The highest BCUT2D eigenvalue weighted by atomic mass is 19.1. The van der Waals surface area contributed by atoms with Crippen molar-refractivity contribution >= 4 is 5.78 Å². The van der Waals surface area contributed by atoms with E-state index in [9.17, 15) is 9.18 Å². The number of carbonyl (C=O) groups excluding carboxylic acids is 1. The fraction of sp³-hybridized carbons (Fsp3) is 0.300. The largest absolute Gasteiger partial charge is 0.300 e. The van der Waals surface area contributed by atoms with Crippen LogP contribution in [0.3, 0.4) is 0 Å². The van der Waals surface area contributed by atoms with E-state index in [0.717, 1.165) is 0 Å². The van der Waals surface area contributed by atoms with Gasteiger partial charge < -0.3 is 0 Å². The number of ketones is 1. The zero-order valence-corrected chi connectivity index (χ0v) is 7.33. The Morgan fingerprint density at radius 3 is 2.71 bits per heavy atom. The lowest BCUT2D eigenvalue weighted by Gasteiger charge is -2.32. The summed E-state index contributed by atoms with van der Waals surface area (Å²) in [6.45, 7) is 0. The zero-order valence-electron chi connectivity index (χ0n) is 7.33. The Hall–Kier alpha value is -1.76. The summed E-state index contributed by atoms with van der Waals surface area (Å²) in [5.41, 5.74) is -0.515. The van der Waals surface area contributed by atoms with E-state index in [0.29, 0.717) is 5.69 Å². The van der Waals surface area contributed by atoms with Crippen molar-refractivity contribution in [3.63, 3.8) is 0 Å². The first-order chi connectivity index (χ1) is 6.66. The van der Waals surface area contributed by atoms with Gasteiger partial charge in [0, 0.05) is 12.8 Å². The van der Waals surface area contributed by atoms with Crippen LogP contribution in [0.2, 0.25) is 0 Å². The SMILES string of the molecule is N#CC1(c2cccc(F)n2)CC(=O)C1. The van der Waals surface area contributed by atoms with Crippen molar-refractivity contribution in [1.82, 2.24) is 4.98 Å². The number of aromatic nitrogens is 1. The maximum absolute atomic E-state index is 12.8. The van der Waals surface area contributed by atoms with Crippen LogP contribution >= 0.6 is 0 Å². The van der Waals surface area contributed by atoms with Crippen molar-refractivity contribution in [2.75, 3.05) is 0 Å². The summed E-state index contributed by atoms with van der Waals surface area (Å²) in [5, 5.41) is 8.93. The molecule has 0 aromatic carbocycles. The van der Waals surface area contributed by atoms with Gasteiger partial charge >= 0.3 is 0 Å². The molecule has 1 heterocycles. The molecule has 1 aliphatic rings. The molecule has 0 unspecified atom stereocenters. The molecular formula is C10H7FN2O. The number of nitriles is 1. The van der Waals surface area contributed by atoms with E-state index >= 15 is 0 Å². The number of halogens is 1. The van der Waals surface area contributed by atoms with Gasteiger partial charge in [0.05, 0.1) is 11.8 Å². The molecule has 1 aromatic rings. The fourth-order valence-corrected chi connectivity index (χ4v) is 1.61. The predicted molar refractivity (Wildman–Crippen MR) is 45.7 cm³/mol. The molecule has 14 heavy (non-hydrogen) atoms. The molecule has 0 atom stereocenters. The van der Waals surface area contributed by atoms with Gasteiger partial charge in [0.1, 0.15) is 11.2 Å². The average molecular weight is 190 g/mol. The number of hydrogen-bond donors (Lipinski definition) is 0. The molecule has 70 valence electrons. The summed E-state index contributed by atoms with van der Waals surface area (Å²) in [7, 11) is 0. The lowest BCUT2D eigenvalue weighted by Crippen LogP contribution is -2.41. The van der Waals surface area contributed by atoms with Crippen LogP contribution in [0.5, 0.6) is 0 Å². The summed E-state index contributed by atoms with van der Waals surface area (Å²) in [6, 6.07) is 6.34.